The number of rotatable bonds is 6. The van der Waals surface area contributed by atoms with Crippen molar-refractivity contribution in [2.45, 2.75) is 6.92 Å². The van der Waals surface area contributed by atoms with E-state index in [-0.39, 0.29) is 0 Å². The van der Waals surface area contributed by atoms with Crippen LogP contribution in [0, 0.1) is 6.92 Å². The van der Waals surface area contributed by atoms with E-state index in [9.17, 15) is 0 Å². The second kappa shape index (κ2) is 7.38. The summed E-state index contributed by atoms with van der Waals surface area (Å²) in [6.07, 6.45) is 0. The number of aromatic nitrogens is 2. The van der Waals surface area contributed by atoms with E-state index in [1.165, 1.54) is 0 Å². The molecule has 2 rings (SSSR count). The minimum atomic E-state index is 0.738. The molecule has 0 aliphatic rings. The van der Waals surface area contributed by atoms with Crippen LogP contribution in [0.3, 0.4) is 0 Å². The number of nitrogens with one attached hydrogen (secondary N) is 2. The number of hydrogen-bond acceptors (Lipinski definition) is 5. The first kappa shape index (κ1) is 15.7. The molecule has 0 atom stereocenters. The van der Waals surface area contributed by atoms with Gasteiger partial charge < -0.3 is 15.5 Å². The van der Waals surface area contributed by atoms with Gasteiger partial charge in [0.15, 0.2) is 0 Å². The summed E-state index contributed by atoms with van der Waals surface area (Å²) in [7, 11) is 4.10. The Balaban J connectivity index is 2.07. The Morgan fingerprint density at radius 2 is 1.90 bits per heavy atom. The maximum atomic E-state index is 4.41. The fraction of sp³-hybridized carbons (Fsp3) is 0.333. The average Bonchev–Trinajstić information content (AvgIpc) is 2.37. The number of halogens is 1. The molecule has 2 aromatic rings. The van der Waals surface area contributed by atoms with E-state index in [0.29, 0.717) is 0 Å². The molecule has 0 bridgehead atoms. The van der Waals surface area contributed by atoms with Crippen molar-refractivity contribution in [3.05, 3.63) is 40.6 Å². The van der Waals surface area contributed by atoms with Crippen LogP contribution >= 0.6 is 15.9 Å². The lowest BCUT2D eigenvalue weighted by Crippen LogP contribution is -2.21. The minimum absolute atomic E-state index is 0.738. The van der Waals surface area contributed by atoms with Gasteiger partial charge in [0.1, 0.15) is 17.5 Å². The van der Waals surface area contributed by atoms with E-state index in [1.54, 1.807) is 0 Å². The van der Waals surface area contributed by atoms with Crippen LogP contribution < -0.4 is 10.6 Å². The van der Waals surface area contributed by atoms with Gasteiger partial charge in [-0.2, -0.15) is 0 Å². The van der Waals surface area contributed by atoms with Crippen LogP contribution in [0.2, 0.25) is 0 Å². The van der Waals surface area contributed by atoms with E-state index >= 15 is 0 Å². The molecule has 1 aromatic heterocycles. The molecule has 0 saturated carbocycles. The quantitative estimate of drug-likeness (QED) is 0.838. The van der Waals surface area contributed by atoms with Crippen molar-refractivity contribution in [2.24, 2.45) is 0 Å². The topological polar surface area (TPSA) is 53.1 Å². The second-order valence-corrected chi connectivity index (χ2v) is 5.97. The van der Waals surface area contributed by atoms with E-state index < -0.39 is 0 Å². The summed E-state index contributed by atoms with van der Waals surface area (Å²) in [6.45, 7) is 3.69. The molecule has 0 fully saturated rings. The molecule has 0 saturated heterocycles. The monoisotopic (exact) mass is 349 g/mol. The smallest absolute Gasteiger partial charge is 0.136 e. The van der Waals surface area contributed by atoms with Crippen molar-refractivity contribution in [3.8, 4) is 0 Å². The Morgan fingerprint density at radius 3 is 2.62 bits per heavy atom. The molecular weight excluding hydrogens is 330 g/mol. The van der Waals surface area contributed by atoms with Crippen LogP contribution in [0.5, 0.6) is 0 Å². The average molecular weight is 350 g/mol. The molecule has 0 aliphatic carbocycles. The highest BCUT2D eigenvalue weighted by molar-refractivity contribution is 9.10. The van der Waals surface area contributed by atoms with Crippen LogP contribution in [0.25, 0.3) is 0 Å². The number of likely N-dealkylation sites (N-methyl/N-ethyl adjacent to an activating group) is 1. The highest BCUT2D eigenvalue weighted by atomic mass is 79.9. The summed E-state index contributed by atoms with van der Waals surface area (Å²) in [4.78, 5) is 10.9. The summed E-state index contributed by atoms with van der Waals surface area (Å²) in [5, 5.41) is 6.61. The fourth-order valence-electron chi connectivity index (χ4n) is 1.84. The lowest BCUT2D eigenvalue weighted by Gasteiger charge is -2.12. The summed E-state index contributed by atoms with van der Waals surface area (Å²) in [6, 6.07) is 9.91. The van der Waals surface area contributed by atoms with Gasteiger partial charge >= 0.3 is 0 Å². The first-order valence-corrected chi connectivity index (χ1v) is 7.59. The number of aryl methyl sites for hydroxylation is 1. The molecule has 1 aromatic carbocycles. The van der Waals surface area contributed by atoms with E-state index in [4.69, 9.17) is 0 Å². The van der Waals surface area contributed by atoms with Crippen molar-refractivity contribution in [2.75, 3.05) is 37.8 Å². The van der Waals surface area contributed by atoms with Gasteiger partial charge in [-0.15, -0.1) is 0 Å². The normalized spacial score (nSPS) is 10.7. The van der Waals surface area contributed by atoms with Crippen LogP contribution in [0.15, 0.2) is 34.8 Å². The molecule has 2 N–H and O–H groups in total. The van der Waals surface area contributed by atoms with E-state index in [1.807, 2.05) is 51.4 Å². The molecule has 6 heteroatoms. The summed E-state index contributed by atoms with van der Waals surface area (Å²) in [5.41, 5.74) is 0.988. The molecule has 5 nitrogen and oxygen atoms in total. The number of hydrogen-bond donors (Lipinski definition) is 2. The summed E-state index contributed by atoms with van der Waals surface area (Å²) < 4.78 is 1.03. The predicted octanol–water partition coefficient (Wildman–Crippen LogP) is 3.26. The van der Waals surface area contributed by atoms with Crippen LogP contribution in [0.4, 0.5) is 17.3 Å². The number of nitrogens with zero attached hydrogens (tertiary/aromatic N) is 3. The first-order chi connectivity index (χ1) is 10.0. The number of benzene rings is 1. The third-order valence-electron chi connectivity index (χ3n) is 2.80. The largest absolute Gasteiger partial charge is 0.369 e. The zero-order valence-corrected chi connectivity index (χ0v) is 14.1. The molecule has 0 radical (unpaired) electrons. The summed E-state index contributed by atoms with van der Waals surface area (Å²) in [5.74, 6) is 2.36. The van der Waals surface area contributed by atoms with Gasteiger partial charge in [0, 0.05) is 29.3 Å². The van der Waals surface area contributed by atoms with E-state index in [0.717, 1.165) is 40.7 Å². The first-order valence-electron chi connectivity index (χ1n) is 6.80. The zero-order valence-electron chi connectivity index (χ0n) is 12.5. The second-order valence-electron chi connectivity index (χ2n) is 5.05. The molecule has 0 spiro atoms. The highest BCUT2D eigenvalue weighted by Crippen LogP contribution is 2.20. The molecule has 0 unspecified atom stereocenters. The Bertz CT molecular complexity index is 600. The van der Waals surface area contributed by atoms with Crippen molar-refractivity contribution in [3.63, 3.8) is 0 Å². The van der Waals surface area contributed by atoms with Crippen LogP contribution in [-0.4, -0.2) is 42.1 Å². The van der Waals surface area contributed by atoms with Gasteiger partial charge in [0.2, 0.25) is 0 Å². The molecule has 0 aliphatic heterocycles. The van der Waals surface area contributed by atoms with Gasteiger partial charge in [-0.3, -0.25) is 0 Å². The fourth-order valence-corrected chi connectivity index (χ4v) is 2.24. The lowest BCUT2D eigenvalue weighted by atomic mass is 10.3. The Morgan fingerprint density at radius 1 is 1.14 bits per heavy atom. The summed E-state index contributed by atoms with van der Waals surface area (Å²) >= 11 is 3.46. The number of anilines is 3. The minimum Gasteiger partial charge on any atom is -0.369 e. The SMILES string of the molecule is Cc1nc(NCCN(C)C)cc(Nc2cccc(Br)c2)n1. The van der Waals surface area contributed by atoms with Gasteiger partial charge in [0.25, 0.3) is 0 Å². The van der Waals surface area contributed by atoms with E-state index in [2.05, 4.69) is 41.4 Å². The van der Waals surface area contributed by atoms with Crippen molar-refractivity contribution in [1.29, 1.82) is 0 Å². The molecule has 112 valence electrons. The van der Waals surface area contributed by atoms with Gasteiger partial charge in [0.05, 0.1) is 0 Å². The standard InChI is InChI=1S/C15H20BrN5/c1-11-18-14(17-7-8-21(2)3)10-15(19-11)20-13-6-4-5-12(16)9-13/h4-6,9-10H,7-8H2,1-3H3,(H2,17,18,19,20). The van der Waals surface area contributed by atoms with Crippen molar-refractivity contribution < 1.29 is 0 Å². The van der Waals surface area contributed by atoms with Crippen molar-refractivity contribution >= 4 is 33.3 Å². The van der Waals surface area contributed by atoms with Crippen molar-refractivity contribution in [1.82, 2.24) is 14.9 Å². The van der Waals surface area contributed by atoms with Gasteiger partial charge in [-0.05, 0) is 39.2 Å². The Labute approximate surface area is 133 Å². The maximum Gasteiger partial charge on any atom is 0.136 e. The zero-order chi connectivity index (χ0) is 15.2. The molecule has 0 amide bonds. The maximum absolute atomic E-state index is 4.41. The third kappa shape index (κ3) is 5.32. The Hall–Kier alpha value is -1.66. The highest BCUT2D eigenvalue weighted by Gasteiger charge is 2.03. The molecule has 1 heterocycles. The van der Waals surface area contributed by atoms with Gasteiger partial charge in [-0.1, -0.05) is 22.0 Å². The third-order valence-corrected chi connectivity index (χ3v) is 3.29. The predicted molar refractivity (Wildman–Crippen MR) is 91.2 cm³/mol. The van der Waals surface area contributed by atoms with Gasteiger partial charge in [-0.25, -0.2) is 9.97 Å². The Kier molecular flexibility index (Phi) is 5.52. The lowest BCUT2D eigenvalue weighted by molar-refractivity contribution is 0.425. The molecule has 21 heavy (non-hydrogen) atoms. The van der Waals surface area contributed by atoms with Crippen LogP contribution in [0.1, 0.15) is 5.82 Å². The van der Waals surface area contributed by atoms with Crippen LogP contribution in [-0.2, 0) is 0 Å². The molecular formula is C15H20BrN5.